The van der Waals surface area contributed by atoms with Gasteiger partial charge in [-0.05, 0) is 30.2 Å². The molecule has 0 unspecified atom stereocenters. The highest BCUT2D eigenvalue weighted by Crippen LogP contribution is 2.27. The first-order valence-electron chi connectivity index (χ1n) is 7.50. The maximum Gasteiger partial charge on any atom is 0.0961 e. The van der Waals surface area contributed by atoms with Crippen LogP contribution in [0.3, 0.4) is 0 Å². The number of likely N-dealkylation sites (tertiary alicyclic amines) is 1. The predicted octanol–water partition coefficient (Wildman–Crippen LogP) is 3.40. The van der Waals surface area contributed by atoms with Crippen LogP contribution < -0.4 is 0 Å². The van der Waals surface area contributed by atoms with E-state index in [0.29, 0.717) is 6.04 Å². The van der Waals surface area contributed by atoms with Crippen molar-refractivity contribution in [2.24, 2.45) is 0 Å². The number of hydrogen-bond acceptors (Lipinski definition) is 2. The number of imidazole rings is 1. The van der Waals surface area contributed by atoms with E-state index in [1.165, 1.54) is 16.6 Å². The maximum atomic E-state index is 4.49. The minimum atomic E-state index is 0.557. The van der Waals surface area contributed by atoms with Gasteiger partial charge in [0, 0.05) is 19.6 Å². The van der Waals surface area contributed by atoms with Crippen molar-refractivity contribution in [3.63, 3.8) is 0 Å². The highest BCUT2D eigenvalue weighted by molar-refractivity contribution is 5.75. The number of para-hydroxylation sites is 2. The number of nitrogens with zero attached hydrogens (tertiary/aromatic N) is 3. The lowest BCUT2D eigenvalue weighted by molar-refractivity contribution is 0.101. The summed E-state index contributed by atoms with van der Waals surface area (Å²) in [7, 11) is 0. The number of benzene rings is 2. The Morgan fingerprint density at radius 2 is 1.81 bits per heavy atom. The van der Waals surface area contributed by atoms with Gasteiger partial charge >= 0.3 is 0 Å². The minimum absolute atomic E-state index is 0.557. The van der Waals surface area contributed by atoms with E-state index >= 15 is 0 Å². The van der Waals surface area contributed by atoms with Gasteiger partial charge in [-0.2, -0.15) is 0 Å². The molecule has 106 valence electrons. The maximum absolute atomic E-state index is 4.49. The average Bonchev–Trinajstić information content (AvgIpc) is 2.88. The highest BCUT2D eigenvalue weighted by Gasteiger charge is 2.29. The molecule has 0 N–H and O–H groups in total. The molecule has 4 rings (SSSR count). The second-order valence-corrected chi connectivity index (χ2v) is 5.91. The summed E-state index contributed by atoms with van der Waals surface area (Å²) in [6, 6.07) is 17.6. The zero-order valence-corrected chi connectivity index (χ0v) is 12.2. The summed E-state index contributed by atoms with van der Waals surface area (Å²) in [6.45, 7) is 5.45. The first kappa shape index (κ1) is 12.6. The van der Waals surface area contributed by atoms with E-state index in [-0.39, 0.29) is 0 Å². The molecule has 0 aliphatic carbocycles. The van der Waals surface area contributed by atoms with Crippen LogP contribution in [-0.2, 0) is 6.54 Å². The molecular weight excluding hydrogens is 258 g/mol. The van der Waals surface area contributed by atoms with Gasteiger partial charge in [0.15, 0.2) is 0 Å². The number of hydrogen-bond donors (Lipinski definition) is 0. The van der Waals surface area contributed by atoms with Gasteiger partial charge in [-0.1, -0.05) is 36.4 Å². The number of rotatable bonds is 3. The number of fused-ring (bicyclic) bond motifs is 1. The summed E-state index contributed by atoms with van der Waals surface area (Å²) < 4.78 is 2.32. The Bertz CT molecular complexity index is 769. The van der Waals surface area contributed by atoms with E-state index in [4.69, 9.17) is 0 Å². The molecule has 0 saturated carbocycles. The first-order chi connectivity index (χ1) is 10.3. The molecule has 0 atom stereocenters. The fourth-order valence-electron chi connectivity index (χ4n) is 3.15. The molecule has 1 saturated heterocycles. The topological polar surface area (TPSA) is 21.1 Å². The van der Waals surface area contributed by atoms with E-state index in [0.717, 1.165) is 25.2 Å². The average molecular weight is 277 g/mol. The lowest BCUT2D eigenvalue weighted by atomic mass is 10.0. The van der Waals surface area contributed by atoms with Crippen LogP contribution in [-0.4, -0.2) is 27.5 Å². The second kappa shape index (κ2) is 5.01. The van der Waals surface area contributed by atoms with Crippen LogP contribution in [0.15, 0.2) is 54.9 Å². The standard InChI is InChI=1S/C18H19N3/c1-14-6-2-3-7-15(14)10-20-11-16(12-20)21-13-19-17-8-4-5-9-18(17)21/h2-9,13,16H,10-12H2,1H3. The van der Waals surface area contributed by atoms with Gasteiger partial charge in [-0.3, -0.25) is 4.90 Å². The molecule has 3 aromatic rings. The second-order valence-electron chi connectivity index (χ2n) is 5.91. The molecule has 1 aliphatic heterocycles. The van der Waals surface area contributed by atoms with Gasteiger partial charge in [0.05, 0.1) is 23.4 Å². The van der Waals surface area contributed by atoms with E-state index in [9.17, 15) is 0 Å². The van der Waals surface area contributed by atoms with Crippen LogP contribution in [0, 0.1) is 6.92 Å². The van der Waals surface area contributed by atoms with Crippen LogP contribution in [0.25, 0.3) is 11.0 Å². The van der Waals surface area contributed by atoms with Crippen LogP contribution in [0.2, 0.25) is 0 Å². The number of aromatic nitrogens is 2. The molecule has 0 bridgehead atoms. The largest absolute Gasteiger partial charge is 0.325 e. The van der Waals surface area contributed by atoms with Crippen LogP contribution in [0.5, 0.6) is 0 Å². The molecule has 2 heterocycles. The molecule has 1 fully saturated rings. The van der Waals surface area contributed by atoms with Crippen molar-refractivity contribution in [1.29, 1.82) is 0 Å². The zero-order valence-electron chi connectivity index (χ0n) is 12.2. The summed E-state index contributed by atoms with van der Waals surface area (Å²) in [5, 5.41) is 0. The summed E-state index contributed by atoms with van der Waals surface area (Å²) in [4.78, 5) is 6.99. The lowest BCUT2D eigenvalue weighted by Gasteiger charge is -2.40. The van der Waals surface area contributed by atoms with Crippen LogP contribution in [0.1, 0.15) is 17.2 Å². The molecule has 21 heavy (non-hydrogen) atoms. The van der Waals surface area contributed by atoms with Crippen LogP contribution in [0.4, 0.5) is 0 Å². The van der Waals surface area contributed by atoms with Gasteiger partial charge in [-0.15, -0.1) is 0 Å². The van der Waals surface area contributed by atoms with Gasteiger partial charge < -0.3 is 4.57 Å². The molecule has 3 nitrogen and oxygen atoms in total. The minimum Gasteiger partial charge on any atom is -0.325 e. The van der Waals surface area contributed by atoms with Crippen molar-refractivity contribution in [1.82, 2.24) is 14.5 Å². The molecule has 1 aliphatic rings. The van der Waals surface area contributed by atoms with Crippen molar-refractivity contribution in [2.45, 2.75) is 19.5 Å². The first-order valence-corrected chi connectivity index (χ1v) is 7.50. The summed E-state index contributed by atoms with van der Waals surface area (Å²) in [5.74, 6) is 0. The van der Waals surface area contributed by atoms with E-state index in [2.05, 4.69) is 63.8 Å². The van der Waals surface area contributed by atoms with Gasteiger partial charge in [0.2, 0.25) is 0 Å². The third kappa shape index (κ3) is 2.24. The number of aryl methyl sites for hydroxylation is 1. The predicted molar refractivity (Wildman–Crippen MR) is 85.2 cm³/mol. The quantitative estimate of drug-likeness (QED) is 0.731. The molecule has 0 radical (unpaired) electrons. The molecule has 1 aromatic heterocycles. The van der Waals surface area contributed by atoms with Crippen molar-refractivity contribution >= 4 is 11.0 Å². The Morgan fingerprint density at radius 1 is 1.05 bits per heavy atom. The molecule has 0 spiro atoms. The Balaban J connectivity index is 1.47. The van der Waals surface area contributed by atoms with Crippen molar-refractivity contribution in [3.8, 4) is 0 Å². The van der Waals surface area contributed by atoms with Crippen molar-refractivity contribution in [3.05, 3.63) is 66.0 Å². The third-order valence-corrected chi connectivity index (χ3v) is 4.47. The van der Waals surface area contributed by atoms with Crippen LogP contribution >= 0.6 is 0 Å². The fourth-order valence-corrected chi connectivity index (χ4v) is 3.15. The van der Waals surface area contributed by atoms with Crippen molar-refractivity contribution in [2.75, 3.05) is 13.1 Å². The summed E-state index contributed by atoms with van der Waals surface area (Å²) in [6.07, 6.45) is 1.99. The summed E-state index contributed by atoms with van der Waals surface area (Å²) >= 11 is 0. The SMILES string of the molecule is Cc1ccccc1CN1CC(n2cnc3ccccc32)C1. The third-order valence-electron chi connectivity index (χ3n) is 4.47. The smallest absolute Gasteiger partial charge is 0.0961 e. The van der Waals surface area contributed by atoms with Gasteiger partial charge in [0.1, 0.15) is 0 Å². The molecule has 3 heteroatoms. The normalized spacial score (nSPS) is 16.2. The molecule has 0 amide bonds. The Hall–Kier alpha value is -2.13. The van der Waals surface area contributed by atoms with Crippen molar-refractivity contribution < 1.29 is 0 Å². The molecule has 2 aromatic carbocycles. The zero-order chi connectivity index (χ0) is 14.2. The van der Waals surface area contributed by atoms with E-state index in [1.54, 1.807) is 0 Å². The highest BCUT2D eigenvalue weighted by atomic mass is 15.3. The van der Waals surface area contributed by atoms with Gasteiger partial charge in [0.25, 0.3) is 0 Å². The molecular formula is C18H19N3. The van der Waals surface area contributed by atoms with E-state index in [1.807, 2.05) is 12.4 Å². The Labute approximate surface area is 124 Å². The van der Waals surface area contributed by atoms with E-state index < -0.39 is 0 Å². The Morgan fingerprint density at radius 3 is 2.67 bits per heavy atom. The fraction of sp³-hybridized carbons (Fsp3) is 0.278. The lowest BCUT2D eigenvalue weighted by Crippen LogP contribution is -2.46. The van der Waals surface area contributed by atoms with Gasteiger partial charge in [-0.25, -0.2) is 4.98 Å². The Kier molecular flexibility index (Phi) is 3.00. The summed E-state index contributed by atoms with van der Waals surface area (Å²) in [5.41, 5.74) is 5.16. The monoisotopic (exact) mass is 277 g/mol.